The van der Waals surface area contributed by atoms with Gasteiger partial charge in [-0.05, 0) is 49.7 Å². The average molecular weight is 358 g/mol. The zero-order valence-electron chi connectivity index (χ0n) is 11.9. The first-order chi connectivity index (χ1) is 9.39. The van der Waals surface area contributed by atoms with Crippen LogP contribution in [0.3, 0.4) is 0 Å². The lowest BCUT2D eigenvalue weighted by molar-refractivity contribution is -0.257. The molecule has 0 bridgehead atoms. The van der Waals surface area contributed by atoms with E-state index in [0.717, 1.165) is 0 Å². The van der Waals surface area contributed by atoms with E-state index in [0.29, 0.717) is 5.56 Å². The van der Waals surface area contributed by atoms with Crippen LogP contribution in [0.5, 0.6) is 0 Å². The molecule has 0 radical (unpaired) electrons. The summed E-state index contributed by atoms with van der Waals surface area (Å²) in [6.07, 6.45) is -4.57. The molecule has 1 atom stereocenters. The van der Waals surface area contributed by atoms with Gasteiger partial charge in [0.1, 0.15) is 0 Å². The lowest BCUT2D eigenvalue weighted by Gasteiger charge is -2.38. The van der Waals surface area contributed by atoms with Gasteiger partial charge in [0.15, 0.2) is 13.9 Å². The van der Waals surface area contributed by atoms with E-state index in [2.05, 4.69) is 0 Å². The second kappa shape index (κ2) is 5.04. The fourth-order valence-electron chi connectivity index (χ4n) is 2.70. The third kappa shape index (κ3) is 2.78. The Balaban J connectivity index is 2.70. The van der Waals surface area contributed by atoms with Crippen molar-refractivity contribution < 1.29 is 17.6 Å². The highest BCUT2D eigenvalue weighted by atomic mass is 35.5. The Morgan fingerprint density at radius 2 is 1.86 bits per heavy atom. The molecule has 2 nitrogen and oxygen atoms in total. The number of halogens is 5. The van der Waals surface area contributed by atoms with E-state index in [-0.39, 0.29) is 34.1 Å². The lowest BCUT2D eigenvalue weighted by Crippen LogP contribution is -2.49. The van der Waals surface area contributed by atoms with Crippen molar-refractivity contribution >= 4 is 37.2 Å². The van der Waals surface area contributed by atoms with Crippen LogP contribution in [-0.4, -0.2) is 14.5 Å². The highest BCUT2D eigenvalue weighted by molar-refractivity contribution is 6.69. The number of benzene rings is 1. The van der Waals surface area contributed by atoms with Crippen LogP contribution in [0.15, 0.2) is 6.07 Å². The van der Waals surface area contributed by atoms with Gasteiger partial charge in [0.2, 0.25) is 0 Å². The van der Waals surface area contributed by atoms with Gasteiger partial charge >= 0.3 is 6.18 Å². The number of fused-ring (bicyclic) bond motifs is 1. The summed E-state index contributed by atoms with van der Waals surface area (Å²) >= 11 is 12.0. The lowest BCUT2D eigenvalue weighted by atomic mass is 9.95. The molecule has 1 aliphatic rings. The fraction of sp³-hybridized carbons (Fsp3) is 0.538. The second-order valence-electron chi connectivity index (χ2n) is 6.15. The van der Waals surface area contributed by atoms with E-state index >= 15 is 0 Å². The van der Waals surface area contributed by atoms with Crippen molar-refractivity contribution in [1.29, 1.82) is 0 Å². The number of nitrogens with two attached hydrogens (primary N) is 1. The summed E-state index contributed by atoms with van der Waals surface area (Å²) in [6, 6.07) is 1.25. The van der Waals surface area contributed by atoms with Crippen LogP contribution in [0, 0.1) is 0 Å². The van der Waals surface area contributed by atoms with Crippen LogP contribution in [0.1, 0.15) is 17.5 Å². The molecule has 0 aromatic heterocycles. The van der Waals surface area contributed by atoms with Crippen LogP contribution in [-0.2, 0) is 16.4 Å². The third-order valence-electron chi connectivity index (χ3n) is 3.46. The van der Waals surface area contributed by atoms with Crippen LogP contribution in [0.25, 0.3) is 0 Å². The predicted octanol–water partition coefficient (Wildman–Crippen LogP) is 5.13. The molecule has 0 saturated heterocycles. The summed E-state index contributed by atoms with van der Waals surface area (Å²) in [6.45, 7) is 5.16. The predicted molar refractivity (Wildman–Crippen MR) is 81.4 cm³/mol. The number of nitrogen functional groups attached to an aromatic ring is 1. The maximum absolute atomic E-state index is 13.8. The summed E-state index contributed by atoms with van der Waals surface area (Å²) in [7, 11) is -2.46. The topological polar surface area (TPSA) is 35.2 Å². The quantitative estimate of drug-likeness (QED) is 0.588. The molecule has 21 heavy (non-hydrogen) atoms. The van der Waals surface area contributed by atoms with Gasteiger partial charge in [-0.1, -0.05) is 23.2 Å². The molecule has 0 amide bonds. The van der Waals surface area contributed by atoms with E-state index in [1.165, 1.54) is 6.07 Å². The molecule has 1 aliphatic carbocycles. The summed E-state index contributed by atoms with van der Waals surface area (Å²) < 4.78 is 46.9. The number of anilines is 1. The van der Waals surface area contributed by atoms with E-state index in [1.807, 2.05) is 0 Å². The maximum Gasteiger partial charge on any atom is 0.420 e. The molecule has 2 N–H and O–H groups in total. The number of hydrogen-bond donors (Lipinski definition) is 1. The number of rotatable bonds is 2. The van der Waals surface area contributed by atoms with Crippen LogP contribution >= 0.6 is 23.2 Å². The summed E-state index contributed by atoms with van der Waals surface area (Å²) in [5.74, 6) is 0. The molecule has 1 aromatic carbocycles. The average Bonchev–Trinajstić information content (AvgIpc) is 2.64. The minimum absolute atomic E-state index is 0.00150. The van der Waals surface area contributed by atoms with Crippen molar-refractivity contribution in [3.63, 3.8) is 0 Å². The van der Waals surface area contributed by atoms with E-state index in [4.69, 9.17) is 33.4 Å². The largest absolute Gasteiger partial charge is 0.420 e. The molecule has 0 unspecified atom stereocenters. The van der Waals surface area contributed by atoms with Crippen molar-refractivity contribution in [2.24, 2.45) is 0 Å². The molecular formula is C13H16Cl2F3NOSi. The monoisotopic (exact) mass is 357 g/mol. The van der Waals surface area contributed by atoms with Gasteiger partial charge in [-0.25, -0.2) is 0 Å². The fourth-order valence-corrected chi connectivity index (χ4v) is 4.62. The molecule has 1 aromatic rings. The van der Waals surface area contributed by atoms with Gasteiger partial charge in [0, 0.05) is 0 Å². The van der Waals surface area contributed by atoms with Gasteiger partial charge in [-0.2, -0.15) is 13.2 Å². The number of hydrogen-bond acceptors (Lipinski definition) is 2. The Kier molecular flexibility index (Phi) is 4.07. The zero-order valence-corrected chi connectivity index (χ0v) is 14.4. The van der Waals surface area contributed by atoms with Crippen molar-refractivity contribution in [3.05, 3.63) is 27.2 Å². The maximum atomic E-state index is 13.8. The molecule has 0 heterocycles. The van der Waals surface area contributed by atoms with Crippen LogP contribution in [0.2, 0.25) is 29.7 Å². The Hall–Kier alpha value is -0.433. The van der Waals surface area contributed by atoms with Gasteiger partial charge in [-0.3, -0.25) is 0 Å². The highest BCUT2D eigenvalue weighted by Crippen LogP contribution is 2.55. The Labute approximate surface area is 132 Å². The molecule has 0 aliphatic heterocycles. The van der Waals surface area contributed by atoms with Crippen molar-refractivity contribution in [3.8, 4) is 0 Å². The molecule has 0 fully saturated rings. The first-order valence-corrected chi connectivity index (χ1v) is 10.6. The SMILES string of the molecule is C[Si](C)(C)O[C@]1(C(F)(F)F)CCc2c1cc(Cl)c(N)c2Cl. The van der Waals surface area contributed by atoms with Crippen molar-refractivity contribution in [1.82, 2.24) is 0 Å². The Bertz CT molecular complexity index is 586. The molecule has 118 valence electrons. The Morgan fingerprint density at radius 3 is 2.33 bits per heavy atom. The minimum Gasteiger partial charge on any atom is -0.400 e. The standard InChI is InChI=1S/C13H16Cl2F3NOSi/c1-21(2,3)20-12(13(16,17)18)5-4-7-8(12)6-9(14)11(19)10(7)15/h6H,4-5,19H2,1-3H3/t12-/m1/s1. The zero-order chi connectivity index (χ0) is 16.2. The highest BCUT2D eigenvalue weighted by Gasteiger charge is 2.61. The summed E-state index contributed by atoms with van der Waals surface area (Å²) in [4.78, 5) is 0. The molecule has 8 heteroatoms. The molecular weight excluding hydrogens is 342 g/mol. The third-order valence-corrected chi connectivity index (χ3v) is 5.16. The van der Waals surface area contributed by atoms with E-state index < -0.39 is 20.1 Å². The first kappa shape index (κ1) is 16.9. The van der Waals surface area contributed by atoms with Gasteiger partial charge < -0.3 is 10.2 Å². The Morgan fingerprint density at radius 1 is 1.29 bits per heavy atom. The van der Waals surface area contributed by atoms with Gasteiger partial charge in [-0.15, -0.1) is 0 Å². The van der Waals surface area contributed by atoms with Gasteiger partial charge in [0.25, 0.3) is 0 Å². The van der Waals surface area contributed by atoms with E-state index in [9.17, 15) is 13.2 Å². The smallest absolute Gasteiger partial charge is 0.400 e. The number of alkyl halides is 3. The first-order valence-electron chi connectivity index (χ1n) is 6.43. The second-order valence-corrected chi connectivity index (χ2v) is 11.4. The molecule has 2 rings (SSSR count). The van der Waals surface area contributed by atoms with E-state index in [1.54, 1.807) is 19.6 Å². The molecule has 0 saturated carbocycles. The van der Waals surface area contributed by atoms with Crippen LogP contribution < -0.4 is 5.73 Å². The van der Waals surface area contributed by atoms with Crippen molar-refractivity contribution in [2.45, 2.75) is 44.3 Å². The van der Waals surface area contributed by atoms with Crippen molar-refractivity contribution in [2.75, 3.05) is 5.73 Å². The summed E-state index contributed by atoms with van der Waals surface area (Å²) in [5.41, 5.74) is 3.86. The molecule has 0 spiro atoms. The minimum atomic E-state index is -4.54. The van der Waals surface area contributed by atoms with Gasteiger partial charge in [0.05, 0.1) is 15.7 Å². The van der Waals surface area contributed by atoms with Crippen LogP contribution in [0.4, 0.5) is 18.9 Å². The normalized spacial score (nSPS) is 22.5. The summed E-state index contributed by atoms with van der Waals surface area (Å²) in [5, 5.41) is 0.122.